The lowest BCUT2D eigenvalue weighted by Gasteiger charge is -2.03. The minimum atomic E-state index is -4.69. The second-order valence-electron chi connectivity index (χ2n) is 2.33. The molecule has 0 saturated heterocycles. The lowest BCUT2D eigenvalue weighted by molar-refractivity contribution is -1.92. The van der Waals surface area contributed by atoms with E-state index in [0.717, 1.165) is 5.56 Å². The van der Waals surface area contributed by atoms with Gasteiger partial charge in [-0.25, -0.2) is 0 Å². The molecule has 1 aromatic rings. The van der Waals surface area contributed by atoms with Gasteiger partial charge in [0.2, 0.25) is 0 Å². The Morgan fingerprint density at radius 2 is 1.60 bits per heavy atom. The summed E-state index contributed by atoms with van der Waals surface area (Å²) in [4.78, 5) is 0. The van der Waals surface area contributed by atoms with Crippen LogP contribution in [0.2, 0.25) is 0 Å². The lowest BCUT2D eigenvalue weighted by Crippen LogP contribution is -2.58. The Morgan fingerprint density at radius 1 is 1.13 bits per heavy atom. The molecular weight excluding hydrogens is 222 g/mol. The molecule has 0 aromatic heterocycles. The molecule has 0 radical (unpaired) electrons. The van der Waals surface area contributed by atoms with Gasteiger partial charge in [-0.1, -0.05) is 36.4 Å². The summed E-state index contributed by atoms with van der Waals surface area (Å²) in [6.07, 6.45) is 4.87. The minimum Gasteiger partial charge on any atom is -0.309 e. The highest BCUT2D eigenvalue weighted by molar-refractivity contribution is 5.75. The van der Waals surface area contributed by atoms with Gasteiger partial charge in [-0.15, -0.1) is 0 Å². The van der Waals surface area contributed by atoms with Crippen LogP contribution in [0, 0.1) is 15.7 Å². The summed E-state index contributed by atoms with van der Waals surface area (Å²) in [6, 6.07) is 9.93. The second kappa shape index (κ2) is 7.10. The van der Waals surface area contributed by atoms with Crippen LogP contribution in [0.25, 0.3) is 6.08 Å². The maximum atomic E-state index is 8.60. The van der Waals surface area contributed by atoms with Crippen LogP contribution in [0.15, 0.2) is 36.4 Å². The SMILES string of the molecule is N=CC=Cc1ccccc1.[O-][Cl+3]([O-])([O-])O. The molecule has 2 N–H and O–H groups in total. The molecule has 0 heterocycles. The van der Waals surface area contributed by atoms with Crippen molar-refractivity contribution in [3.8, 4) is 0 Å². The van der Waals surface area contributed by atoms with E-state index in [1.807, 2.05) is 36.4 Å². The Bertz CT molecular complexity index is 302. The van der Waals surface area contributed by atoms with Crippen LogP contribution in [-0.2, 0) is 0 Å². The van der Waals surface area contributed by atoms with Crippen molar-refractivity contribution in [1.82, 2.24) is 0 Å². The van der Waals surface area contributed by atoms with Crippen LogP contribution in [-0.4, -0.2) is 10.9 Å². The number of nitrogens with one attached hydrogen (secondary N) is 1. The molecule has 0 atom stereocenters. The van der Waals surface area contributed by atoms with E-state index in [4.69, 9.17) is 24.0 Å². The quantitative estimate of drug-likeness (QED) is 0.586. The van der Waals surface area contributed by atoms with Gasteiger partial charge in [0, 0.05) is 6.21 Å². The monoisotopic (exact) mass is 231 g/mol. The largest absolute Gasteiger partial charge is 0.309 e. The van der Waals surface area contributed by atoms with E-state index in [1.54, 1.807) is 6.08 Å². The Morgan fingerprint density at radius 3 is 2.00 bits per heavy atom. The fourth-order valence-electron chi connectivity index (χ4n) is 0.723. The molecule has 5 nitrogen and oxygen atoms in total. The van der Waals surface area contributed by atoms with E-state index in [0.29, 0.717) is 0 Å². The third kappa shape index (κ3) is 12.8. The Balaban J connectivity index is 0.000000336. The normalized spacial score (nSPS) is 10.7. The van der Waals surface area contributed by atoms with Crippen LogP contribution in [0.5, 0.6) is 0 Å². The molecule has 1 aromatic carbocycles. The van der Waals surface area contributed by atoms with E-state index in [2.05, 4.69) is 0 Å². The highest BCUT2D eigenvalue weighted by Gasteiger charge is 1.98. The number of hydrogen-bond acceptors (Lipinski definition) is 5. The van der Waals surface area contributed by atoms with Crippen molar-refractivity contribution in [2.75, 3.05) is 0 Å². The van der Waals surface area contributed by atoms with E-state index in [1.165, 1.54) is 6.21 Å². The van der Waals surface area contributed by atoms with Crippen molar-refractivity contribution in [2.24, 2.45) is 0 Å². The molecule has 0 spiro atoms. The molecule has 15 heavy (non-hydrogen) atoms. The maximum Gasteiger partial charge on any atom is 0.0777 e. The summed E-state index contributed by atoms with van der Waals surface area (Å²) >= 11 is 0. The summed E-state index contributed by atoms with van der Waals surface area (Å²) < 4.78 is 32.7. The minimum absolute atomic E-state index is 1.13. The summed E-state index contributed by atoms with van der Waals surface area (Å²) in [6.45, 7) is 0. The van der Waals surface area contributed by atoms with Crippen molar-refractivity contribution in [3.63, 3.8) is 0 Å². The third-order valence-corrected chi connectivity index (χ3v) is 1.18. The Hall–Kier alpha value is -1.24. The first-order valence-electron chi connectivity index (χ1n) is 3.79. The zero-order chi connectivity index (χ0) is 11.7. The first-order chi connectivity index (χ1) is 6.93. The maximum absolute atomic E-state index is 8.60. The zero-order valence-corrected chi connectivity index (χ0v) is 8.42. The molecular formula is C9H10ClNO4. The molecule has 1 rings (SSSR count). The highest BCUT2D eigenvalue weighted by atomic mass is 35.7. The lowest BCUT2D eigenvalue weighted by atomic mass is 10.2. The second-order valence-corrected chi connectivity index (χ2v) is 3.12. The molecule has 0 aliphatic carbocycles. The number of rotatable bonds is 2. The molecule has 0 bridgehead atoms. The van der Waals surface area contributed by atoms with Gasteiger partial charge in [-0.05, 0) is 11.6 Å². The molecule has 82 valence electrons. The first kappa shape index (κ1) is 13.8. The molecule has 0 aliphatic rings. The number of halogens is 1. The summed E-state index contributed by atoms with van der Waals surface area (Å²) in [5.41, 5.74) is 1.13. The number of allylic oxidation sites excluding steroid dienone is 1. The van der Waals surface area contributed by atoms with Crippen LogP contribution in [0.3, 0.4) is 0 Å². The van der Waals surface area contributed by atoms with E-state index in [9.17, 15) is 0 Å². The van der Waals surface area contributed by atoms with Crippen molar-refractivity contribution in [1.29, 1.82) is 5.41 Å². The van der Waals surface area contributed by atoms with Crippen molar-refractivity contribution < 1.29 is 28.9 Å². The Labute approximate surface area is 89.2 Å². The van der Waals surface area contributed by atoms with Crippen molar-refractivity contribution >= 4 is 12.3 Å². The predicted molar refractivity (Wildman–Crippen MR) is 46.5 cm³/mol. The summed E-state index contributed by atoms with van der Waals surface area (Å²) in [5.74, 6) is 0. The van der Waals surface area contributed by atoms with Crippen LogP contribution < -0.4 is 14.0 Å². The molecule has 0 unspecified atom stereocenters. The number of hydrogen-bond donors (Lipinski definition) is 2. The van der Waals surface area contributed by atoms with Gasteiger partial charge in [0.05, 0.1) is 14.9 Å². The van der Waals surface area contributed by atoms with Gasteiger partial charge in [-0.3, -0.25) is 0 Å². The van der Waals surface area contributed by atoms with E-state index < -0.39 is 10.2 Å². The number of benzene rings is 1. The van der Waals surface area contributed by atoms with Crippen LogP contribution in [0.1, 0.15) is 5.56 Å². The van der Waals surface area contributed by atoms with Crippen LogP contribution >= 0.6 is 0 Å². The first-order valence-corrected chi connectivity index (χ1v) is 5.05. The van der Waals surface area contributed by atoms with Gasteiger partial charge in [0.1, 0.15) is 0 Å². The molecule has 6 heteroatoms. The fourth-order valence-corrected chi connectivity index (χ4v) is 0.723. The van der Waals surface area contributed by atoms with Gasteiger partial charge in [-0.2, -0.15) is 14.0 Å². The van der Waals surface area contributed by atoms with Gasteiger partial charge in [0.25, 0.3) is 0 Å². The molecule has 0 amide bonds. The predicted octanol–water partition coefficient (Wildman–Crippen LogP) is -1.77. The smallest absolute Gasteiger partial charge is 0.0777 e. The summed E-state index contributed by atoms with van der Waals surface area (Å²) in [7, 11) is -4.69. The van der Waals surface area contributed by atoms with Gasteiger partial charge >= 0.3 is 0 Å². The standard InChI is InChI=1S/C9H9N.ClHO4/c10-8-4-7-9-5-2-1-3-6-9;2-1(3,4)5/h1-8,10H;(H,2,3,4,5). The zero-order valence-electron chi connectivity index (χ0n) is 7.67. The van der Waals surface area contributed by atoms with E-state index >= 15 is 0 Å². The summed E-state index contributed by atoms with van der Waals surface area (Å²) in [5, 5.41) is 6.74. The van der Waals surface area contributed by atoms with Crippen molar-refractivity contribution in [3.05, 3.63) is 42.0 Å². The van der Waals surface area contributed by atoms with Gasteiger partial charge in [0.15, 0.2) is 0 Å². The average Bonchev–Trinajstić information content (AvgIpc) is 2.14. The van der Waals surface area contributed by atoms with Gasteiger partial charge < -0.3 is 5.41 Å². The highest BCUT2D eigenvalue weighted by Crippen LogP contribution is 1.99. The van der Waals surface area contributed by atoms with E-state index in [-0.39, 0.29) is 0 Å². The topological polar surface area (TPSA) is 113 Å². The molecule has 0 fully saturated rings. The molecule has 0 saturated carbocycles. The van der Waals surface area contributed by atoms with Crippen molar-refractivity contribution in [2.45, 2.75) is 0 Å². The van der Waals surface area contributed by atoms with Crippen LogP contribution in [0.4, 0.5) is 0 Å². The third-order valence-electron chi connectivity index (χ3n) is 1.18. The Kier molecular flexibility index (Phi) is 6.52. The average molecular weight is 232 g/mol. The molecule has 0 aliphatic heterocycles. The fraction of sp³-hybridized carbons (Fsp3) is 0.